The molecule has 0 unspecified atom stereocenters. The number of hydrazine groups is 1. The van der Waals surface area contributed by atoms with Crippen molar-refractivity contribution in [3.8, 4) is 17.0 Å². The van der Waals surface area contributed by atoms with E-state index >= 15 is 0 Å². The van der Waals surface area contributed by atoms with E-state index in [0.29, 0.717) is 5.13 Å². The highest BCUT2D eigenvalue weighted by molar-refractivity contribution is 7.14. The number of thiazole rings is 1. The van der Waals surface area contributed by atoms with Crippen LogP contribution in [0, 0.1) is 13.8 Å². The first-order valence-electron chi connectivity index (χ1n) is 5.23. The van der Waals surface area contributed by atoms with Gasteiger partial charge in [-0.05, 0) is 31.0 Å². The molecule has 0 radical (unpaired) electrons. The molecular weight excluding hydrogens is 234 g/mol. The lowest BCUT2D eigenvalue weighted by molar-refractivity contribution is 0.413. The number of anilines is 1. The molecule has 1 aromatic heterocycles. The van der Waals surface area contributed by atoms with Gasteiger partial charge in [-0.15, -0.1) is 11.3 Å². The lowest BCUT2D eigenvalue weighted by Gasteiger charge is -2.11. The fraction of sp³-hybridized carbons (Fsp3) is 0.250. The van der Waals surface area contributed by atoms with E-state index in [2.05, 4.69) is 29.5 Å². The average Bonchev–Trinajstić information content (AvgIpc) is 2.76. The summed E-state index contributed by atoms with van der Waals surface area (Å²) in [4.78, 5) is 4.39. The molecule has 0 aliphatic heterocycles. The minimum Gasteiger partial charge on any atom is -0.496 e. The van der Waals surface area contributed by atoms with Crippen molar-refractivity contribution in [3.63, 3.8) is 0 Å². The number of nitrogen functional groups attached to an aromatic ring is 1. The summed E-state index contributed by atoms with van der Waals surface area (Å²) in [5.74, 6) is 6.20. The number of rotatable bonds is 3. The van der Waals surface area contributed by atoms with Crippen LogP contribution in [0.25, 0.3) is 11.3 Å². The minimum absolute atomic E-state index is 0.696. The van der Waals surface area contributed by atoms with Crippen LogP contribution in [0.1, 0.15) is 11.1 Å². The molecule has 0 bridgehead atoms. The third kappa shape index (κ3) is 2.25. The number of methoxy groups -OCH3 is 1. The molecule has 0 saturated carbocycles. The quantitative estimate of drug-likeness (QED) is 0.648. The molecule has 0 amide bonds. The van der Waals surface area contributed by atoms with Gasteiger partial charge in [0.15, 0.2) is 5.13 Å². The molecule has 90 valence electrons. The highest BCUT2D eigenvalue weighted by atomic mass is 32.1. The Morgan fingerprint density at radius 2 is 2.12 bits per heavy atom. The van der Waals surface area contributed by atoms with Crippen molar-refractivity contribution >= 4 is 16.5 Å². The molecule has 0 fully saturated rings. The standard InChI is InChI=1S/C12H15N3OS/c1-7-4-8(2)11(16-3)9(5-7)10-6-17-12(14-10)15-13/h4-6H,13H2,1-3H3,(H,14,15). The normalized spacial score (nSPS) is 10.4. The summed E-state index contributed by atoms with van der Waals surface area (Å²) in [7, 11) is 1.68. The van der Waals surface area contributed by atoms with Crippen LogP contribution in [0.5, 0.6) is 5.75 Å². The monoisotopic (exact) mass is 249 g/mol. The zero-order valence-electron chi connectivity index (χ0n) is 10.1. The summed E-state index contributed by atoms with van der Waals surface area (Å²) < 4.78 is 5.44. The zero-order valence-corrected chi connectivity index (χ0v) is 10.9. The molecule has 0 spiro atoms. The number of ether oxygens (including phenoxy) is 1. The maximum Gasteiger partial charge on any atom is 0.197 e. The number of nitrogens with one attached hydrogen (secondary N) is 1. The van der Waals surface area contributed by atoms with Crippen LogP contribution in [-0.4, -0.2) is 12.1 Å². The van der Waals surface area contributed by atoms with Crippen molar-refractivity contribution in [2.45, 2.75) is 13.8 Å². The van der Waals surface area contributed by atoms with Gasteiger partial charge >= 0.3 is 0 Å². The van der Waals surface area contributed by atoms with E-state index in [9.17, 15) is 0 Å². The summed E-state index contributed by atoms with van der Waals surface area (Å²) in [6.07, 6.45) is 0. The third-order valence-corrected chi connectivity index (χ3v) is 3.30. The van der Waals surface area contributed by atoms with E-state index in [1.165, 1.54) is 16.9 Å². The number of benzene rings is 1. The SMILES string of the molecule is COc1c(C)cc(C)cc1-c1csc(NN)n1. The second-order valence-corrected chi connectivity index (χ2v) is 4.70. The van der Waals surface area contributed by atoms with Gasteiger partial charge in [0.1, 0.15) is 5.75 Å². The smallest absolute Gasteiger partial charge is 0.197 e. The fourth-order valence-corrected chi connectivity index (χ4v) is 2.50. The van der Waals surface area contributed by atoms with Gasteiger partial charge in [-0.25, -0.2) is 10.8 Å². The van der Waals surface area contributed by atoms with Crippen LogP contribution in [0.3, 0.4) is 0 Å². The average molecular weight is 249 g/mol. The Kier molecular flexibility index (Phi) is 3.31. The molecule has 0 aliphatic carbocycles. The Labute approximate surface area is 104 Å². The first-order chi connectivity index (χ1) is 8.15. The molecule has 3 N–H and O–H groups in total. The Balaban J connectivity index is 2.57. The number of aryl methyl sites for hydroxylation is 2. The van der Waals surface area contributed by atoms with Crippen LogP contribution in [0.2, 0.25) is 0 Å². The zero-order chi connectivity index (χ0) is 12.4. The van der Waals surface area contributed by atoms with Crippen LogP contribution in [0.15, 0.2) is 17.5 Å². The second kappa shape index (κ2) is 4.73. The largest absolute Gasteiger partial charge is 0.496 e. The van der Waals surface area contributed by atoms with E-state index in [4.69, 9.17) is 10.6 Å². The van der Waals surface area contributed by atoms with Crippen LogP contribution in [0.4, 0.5) is 5.13 Å². The summed E-state index contributed by atoms with van der Waals surface area (Å²) in [5.41, 5.74) is 6.73. The molecule has 1 aromatic carbocycles. The van der Waals surface area contributed by atoms with E-state index in [0.717, 1.165) is 22.6 Å². The third-order valence-electron chi connectivity index (χ3n) is 2.53. The molecular formula is C12H15N3OS. The summed E-state index contributed by atoms with van der Waals surface area (Å²) in [6.45, 7) is 4.09. The number of nitrogens with zero attached hydrogens (tertiary/aromatic N) is 1. The van der Waals surface area contributed by atoms with Gasteiger partial charge < -0.3 is 4.74 Å². The Morgan fingerprint density at radius 3 is 2.71 bits per heavy atom. The Morgan fingerprint density at radius 1 is 1.35 bits per heavy atom. The predicted molar refractivity (Wildman–Crippen MR) is 71.4 cm³/mol. The van der Waals surface area contributed by atoms with Gasteiger partial charge in [-0.1, -0.05) is 6.07 Å². The molecule has 4 nitrogen and oxygen atoms in total. The highest BCUT2D eigenvalue weighted by Crippen LogP contribution is 2.35. The number of hydrogen-bond acceptors (Lipinski definition) is 5. The number of hydrogen-bond donors (Lipinski definition) is 2. The molecule has 2 rings (SSSR count). The van der Waals surface area contributed by atoms with Crippen LogP contribution < -0.4 is 16.0 Å². The van der Waals surface area contributed by atoms with Gasteiger partial charge in [0.2, 0.25) is 0 Å². The van der Waals surface area contributed by atoms with Crippen molar-refractivity contribution in [3.05, 3.63) is 28.6 Å². The van der Waals surface area contributed by atoms with Crippen molar-refractivity contribution < 1.29 is 4.74 Å². The molecule has 0 atom stereocenters. The van der Waals surface area contributed by atoms with Gasteiger partial charge in [0.25, 0.3) is 0 Å². The van der Waals surface area contributed by atoms with Crippen molar-refractivity contribution in [1.82, 2.24) is 4.98 Å². The Hall–Kier alpha value is -1.59. The van der Waals surface area contributed by atoms with Gasteiger partial charge in [0.05, 0.1) is 12.8 Å². The van der Waals surface area contributed by atoms with E-state index in [1.807, 2.05) is 12.3 Å². The van der Waals surface area contributed by atoms with Crippen molar-refractivity contribution in [1.29, 1.82) is 0 Å². The summed E-state index contributed by atoms with van der Waals surface area (Å²) >= 11 is 1.47. The Bertz CT molecular complexity index is 537. The van der Waals surface area contributed by atoms with E-state index in [1.54, 1.807) is 7.11 Å². The fourth-order valence-electron chi connectivity index (χ4n) is 1.88. The lowest BCUT2D eigenvalue weighted by Crippen LogP contribution is -2.05. The number of nitrogens with two attached hydrogens (primary N) is 1. The molecule has 17 heavy (non-hydrogen) atoms. The summed E-state index contributed by atoms with van der Waals surface area (Å²) in [5, 5.41) is 2.66. The lowest BCUT2D eigenvalue weighted by atomic mass is 10.0. The maximum atomic E-state index is 5.44. The minimum atomic E-state index is 0.696. The molecule has 1 heterocycles. The van der Waals surface area contributed by atoms with Crippen molar-refractivity contribution in [2.24, 2.45) is 5.84 Å². The highest BCUT2D eigenvalue weighted by Gasteiger charge is 2.12. The van der Waals surface area contributed by atoms with Crippen LogP contribution in [-0.2, 0) is 0 Å². The number of aromatic nitrogens is 1. The van der Waals surface area contributed by atoms with Gasteiger partial charge in [-0.2, -0.15) is 0 Å². The molecule has 2 aromatic rings. The molecule has 0 aliphatic rings. The molecule has 0 saturated heterocycles. The van der Waals surface area contributed by atoms with Crippen LogP contribution >= 0.6 is 11.3 Å². The van der Waals surface area contributed by atoms with Gasteiger partial charge in [-0.3, -0.25) is 5.43 Å². The van der Waals surface area contributed by atoms with Crippen molar-refractivity contribution in [2.75, 3.05) is 12.5 Å². The first kappa shape index (κ1) is 11.9. The molecule has 5 heteroatoms. The topological polar surface area (TPSA) is 60.2 Å². The van der Waals surface area contributed by atoms with E-state index in [-0.39, 0.29) is 0 Å². The second-order valence-electron chi connectivity index (χ2n) is 3.84. The first-order valence-corrected chi connectivity index (χ1v) is 6.11. The summed E-state index contributed by atoms with van der Waals surface area (Å²) in [6, 6.07) is 4.16. The van der Waals surface area contributed by atoms with E-state index < -0.39 is 0 Å². The maximum absolute atomic E-state index is 5.44. The van der Waals surface area contributed by atoms with Gasteiger partial charge in [0, 0.05) is 10.9 Å². The predicted octanol–water partition coefficient (Wildman–Crippen LogP) is 2.72.